The first-order chi connectivity index (χ1) is 14.3. The molecule has 0 unspecified atom stereocenters. The molecule has 1 aliphatic rings. The van der Waals surface area contributed by atoms with Crippen LogP contribution in [-0.2, 0) is 30.2 Å². The molecule has 0 spiro atoms. The molecule has 0 radical (unpaired) electrons. The zero-order valence-corrected chi connectivity index (χ0v) is 20.5. The molecule has 8 heteroatoms. The third-order valence-electron chi connectivity index (χ3n) is 6.53. The van der Waals surface area contributed by atoms with Crippen molar-refractivity contribution in [1.82, 2.24) is 4.90 Å². The normalized spacial score (nSPS) is 21.3. The van der Waals surface area contributed by atoms with Crippen molar-refractivity contribution in [3.63, 3.8) is 0 Å². The van der Waals surface area contributed by atoms with E-state index in [4.69, 9.17) is 9.16 Å². The third-order valence-corrected chi connectivity index (χ3v) is 11.1. The molecule has 1 aromatic rings. The predicted molar refractivity (Wildman–Crippen MR) is 120 cm³/mol. The minimum atomic E-state index is -2.15. The lowest BCUT2D eigenvalue weighted by Gasteiger charge is -2.52. The van der Waals surface area contributed by atoms with Crippen molar-refractivity contribution in [1.29, 1.82) is 0 Å². The first-order valence-corrected chi connectivity index (χ1v) is 13.6. The first-order valence-electron chi connectivity index (χ1n) is 10.7. The van der Waals surface area contributed by atoms with Crippen molar-refractivity contribution in [3.8, 4) is 0 Å². The van der Waals surface area contributed by atoms with E-state index >= 15 is 0 Å². The van der Waals surface area contributed by atoms with Crippen LogP contribution in [0.4, 0.5) is 0 Å². The summed E-state index contributed by atoms with van der Waals surface area (Å²) < 4.78 is 11.7. The predicted octanol–water partition coefficient (Wildman–Crippen LogP) is 3.69. The Morgan fingerprint density at radius 1 is 1.16 bits per heavy atom. The number of rotatable bonds is 9. The van der Waals surface area contributed by atoms with Crippen LogP contribution in [0.2, 0.25) is 18.1 Å². The highest BCUT2D eigenvalue weighted by Gasteiger charge is 2.56. The first kappa shape index (κ1) is 25.1. The summed E-state index contributed by atoms with van der Waals surface area (Å²) in [5.74, 6) is -3.25. The number of ether oxygens (including phenoxy) is 1. The van der Waals surface area contributed by atoms with Crippen LogP contribution in [0.5, 0.6) is 0 Å². The zero-order chi connectivity index (χ0) is 23.6. The van der Waals surface area contributed by atoms with Crippen LogP contribution < -0.4 is 0 Å². The van der Waals surface area contributed by atoms with Crippen LogP contribution in [0.1, 0.15) is 40.2 Å². The Hall–Kier alpha value is -2.19. The van der Waals surface area contributed by atoms with Crippen molar-refractivity contribution in [2.45, 2.75) is 71.5 Å². The summed E-state index contributed by atoms with van der Waals surface area (Å²) in [6.07, 6.45) is -0.434. The lowest BCUT2D eigenvalue weighted by molar-refractivity contribution is -0.178. The van der Waals surface area contributed by atoms with Crippen LogP contribution >= 0.6 is 0 Å². The Morgan fingerprint density at radius 3 is 2.26 bits per heavy atom. The summed E-state index contributed by atoms with van der Waals surface area (Å²) in [5.41, 5.74) is 0.843. The molecule has 0 bridgehead atoms. The number of carbonyl (C=O) groups is 3. The molecule has 1 amide bonds. The van der Waals surface area contributed by atoms with Crippen LogP contribution in [0.15, 0.2) is 30.3 Å². The van der Waals surface area contributed by atoms with E-state index in [0.717, 1.165) is 5.56 Å². The van der Waals surface area contributed by atoms with Gasteiger partial charge in [0.15, 0.2) is 8.32 Å². The highest BCUT2D eigenvalue weighted by atomic mass is 28.4. The van der Waals surface area contributed by atoms with Gasteiger partial charge in [-0.05, 0) is 37.5 Å². The highest BCUT2D eigenvalue weighted by Crippen LogP contribution is 2.41. The van der Waals surface area contributed by atoms with Gasteiger partial charge in [0.1, 0.15) is 13.2 Å². The summed E-state index contributed by atoms with van der Waals surface area (Å²) in [5, 5.41) is 9.54. The number of likely N-dealkylation sites (tertiary alicyclic amines) is 1. The topological polar surface area (TPSA) is 93.1 Å². The van der Waals surface area contributed by atoms with E-state index in [9.17, 15) is 19.5 Å². The number of amides is 1. The van der Waals surface area contributed by atoms with Gasteiger partial charge in [-0.2, -0.15) is 0 Å². The van der Waals surface area contributed by atoms with E-state index in [2.05, 4.69) is 33.9 Å². The van der Waals surface area contributed by atoms with Gasteiger partial charge >= 0.3 is 11.9 Å². The Labute approximate surface area is 185 Å². The minimum Gasteiger partial charge on any atom is -0.481 e. The number of carboxylic acids is 1. The number of nitrogens with zero attached hydrogens (tertiary/aromatic N) is 1. The average Bonchev–Trinajstić information content (AvgIpc) is 2.67. The molecule has 4 atom stereocenters. The monoisotopic (exact) mass is 449 g/mol. The molecule has 1 saturated heterocycles. The van der Waals surface area contributed by atoms with Crippen molar-refractivity contribution in [2.24, 2.45) is 11.8 Å². The number of hydrogen-bond acceptors (Lipinski definition) is 5. The molecule has 0 aromatic heterocycles. The van der Waals surface area contributed by atoms with Gasteiger partial charge in [-0.1, -0.05) is 51.1 Å². The SMILES string of the molecule is C[C@@H](O[Si](C)(C)C(C)(C)C)[C@H]1C(=O)N(CC(=O)OCc2ccccc2)[C@@H]1[C@@H](C)C(=O)O. The van der Waals surface area contributed by atoms with Crippen LogP contribution in [0.3, 0.4) is 0 Å². The fourth-order valence-electron chi connectivity index (χ4n) is 3.62. The van der Waals surface area contributed by atoms with Gasteiger partial charge in [-0.25, -0.2) is 0 Å². The maximum Gasteiger partial charge on any atom is 0.325 e. The van der Waals surface area contributed by atoms with Crippen LogP contribution in [0, 0.1) is 11.8 Å². The minimum absolute atomic E-state index is 0.0388. The van der Waals surface area contributed by atoms with Gasteiger partial charge in [0, 0.05) is 0 Å². The second-order valence-electron chi connectivity index (χ2n) is 9.84. The molecular formula is C23H35NO6Si. The molecule has 0 aliphatic carbocycles. The molecule has 1 aromatic carbocycles. The molecule has 1 aliphatic heterocycles. The van der Waals surface area contributed by atoms with Crippen molar-refractivity contribution >= 4 is 26.2 Å². The number of β-lactam (4-membered cyclic amide) rings is 1. The Kier molecular flexibility index (Phi) is 7.70. The number of carbonyl (C=O) groups excluding carboxylic acids is 2. The van der Waals surface area contributed by atoms with E-state index < -0.39 is 44.2 Å². The van der Waals surface area contributed by atoms with Crippen molar-refractivity contribution < 1.29 is 28.7 Å². The lowest BCUT2D eigenvalue weighted by Crippen LogP contribution is -2.69. The number of benzene rings is 1. The van der Waals surface area contributed by atoms with Crippen LogP contribution in [0.25, 0.3) is 0 Å². The molecule has 1 fully saturated rings. The van der Waals surface area contributed by atoms with E-state index in [0.29, 0.717) is 0 Å². The summed E-state index contributed by atoms with van der Waals surface area (Å²) in [4.78, 5) is 38.3. The molecule has 31 heavy (non-hydrogen) atoms. The van der Waals surface area contributed by atoms with E-state index in [1.54, 1.807) is 6.92 Å². The zero-order valence-electron chi connectivity index (χ0n) is 19.5. The quantitative estimate of drug-likeness (QED) is 0.351. The largest absolute Gasteiger partial charge is 0.481 e. The van der Waals surface area contributed by atoms with Gasteiger partial charge in [-0.3, -0.25) is 14.4 Å². The van der Waals surface area contributed by atoms with E-state index in [1.165, 1.54) is 4.90 Å². The summed E-state index contributed by atoms with van der Waals surface area (Å²) >= 11 is 0. The van der Waals surface area contributed by atoms with Gasteiger partial charge in [0.05, 0.1) is 24.0 Å². The summed E-state index contributed by atoms with van der Waals surface area (Å²) in [7, 11) is -2.15. The average molecular weight is 450 g/mol. The lowest BCUT2D eigenvalue weighted by atomic mass is 9.76. The molecule has 1 heterocycles. The highest BCUT2D eigenvalue weighted by molar-refractivity contribution is 6.74. The van der Waals surface area contributed by atoms with Gasteiger partial charge in [-0.15, -0.1) is 0 Å². The maximum atomic E-state index is 12.9. The fraction of sp³-hybridized carbons (Fsp3) is 0.609. The van der Waals surface area contributed by atoms with Gasteiger partial charge in [0.25, 0.3) is 0 Å². The van der Waals surface area contributed by atoms with Crippen LogP contribution in [-0.4, -0.2) is 54.9 Å². The fourth-order valence-corrected chi connectivity index (χ4v) is 5.05. The third kappa shape index (κ3) is 5.74. The number of esters is 1. The standard InChI is InChI=1S/C23H35NO6Si/c1-15(22(27)28)20-19(16(2)30-31(6,7)23(3,4)5)21(26)24(20)13-18(25)29-14-17-11-9-8-10-12-17/h8-12,15-16,19-20H,13-14H2,1-7H3,(H,27,28)/t15-,16-,19-,20-/m1/s1. The second-order valence-corrected chi connectivity index (χ2v) is 14.6. The number of carboxylic acid groups (broad SMARTS) is 1. The molecule has 1 N–H and O–H groups in total. The number of aliphatic carboxylic acids is 1. The maximum absolute atomic E-state index is 12.9. The summed E-state index contributed by atoms with van der Waals surface area (Å²) in [6.45, 7) is 13.8. The summed E-state index contributed by atoms with van der Waals surface area (Å²) in [6, 6.07) is 8.63. The van der Waals surface area contributed by atoms with Gasteiger partial charge < -0.3 is 19.2 Å². The van der Waals surface area contributed by atoms with Crippen molar-refractivity contribution in [2.75, 3.05) is 6.54 Å². The molecule has 7 nitrogen and oxygen atoms in total. The number of hydrogen-bond donors (Lipinski definition) is 1. The molecule has 0 saturated carbocycles. The molecular weight excluding hydrogens is 414 g/mol. The van der Waals surface area contributed by atoms with E-state index in [-0.39, 0.29) is 24.1 Å². The Morgan fingerprint density at radius 2 is 1.74 bits per heavy atom. The van der Waals surface area contributed by atoms with Crippen molar-refractivity contribution in [3.05, 3.63) is 35.9 Å². The Bertz CT molecular complexity index is 804. The molecule has 172 valence electrons. The Balaban J connectivity index is 2.09. The van der Waals surface area contributed by atoms with E-state index in [1.807, 2.05) is 37.3 Å². The smallest absolute Gasteiger partial charge is 0.325 e. The van der Waals surface area contributed by atoms with Gasteiger partial charge in [0.2, 0.25) is 5.91 Å². The second kappa shape index (κ2) is 9.52. The molecule has 2 rings (SSSR count).